The average molecular weight is 331 g/mol. The van der Waals surface area contributed by atoms with Gasteiger partial charge in [-0.3, -0.25) is 9.78 Å². The number of aryl methyl sites for hydroxylation is 1. The molecule has 5 heteroatoms. The van der Waals surface area contributed by atoms with E-state index in [1.807, 2.05) is 43.3 Å². The highest BCUT2D eigenvalue weighted by atomic mass is 16.5. The van der Waals surface area contributed by atoms with Crippen LogP contribution >= 0.6 is 0 Å². The Bertz CT molecular complexity index is 973. The first-order valence-corrected chi connectivity index (χ1v) is 7.83. The van der Waals surface area contributed by atoms with E-state index in [1.54, 1.807) is 19.2 Å². The van der Waals surface area contributed by atoms with Crippen molar-refractivity contribution in [2.45, 2.75) is 13.3 Å². The van der Waals surface area contributed by atoms with Crippen LogP contribution < -0.4 is 10.1 Å². The number of ether oxygens (including phenoxy) is 1. The van der Waals surface area contributed by atoms with Gasteiger partial charge >= 0.3 is 0 Å². The number of pyridine rings is 1. The third-order valence-corrected chi connectivity index (χ3v) is 3.95. The van der Waals surface area contributed by atoms with Gasteiger partial charge in [0, 0.05) is 11.1 Å². The number of benzene rings is 2. The van der Waals surface area contributed by atoms with E-state index in [1.165, 1.54) is 0 Å². The van der Waals surface area contributed by atoms with Crippen LogP contribution in [0, 0.1) is 18.3 Å². The van der Waals surface area contributed by atoms with Crippen LogP contribution in [-0.4, -0.2) is 18.0 Å². The van der Waals surface area contributed by atoms with Gasteiger partial charge in [-0.2, -0.15) is 5.26 Å². The van der Waals surface area contributed by atoms with Gasteiger partial charge in [-0.15, -0.1) is 0 Å². The van der Waals surface area contributed by atoms with Gasteiger partial charge < -0.3 is 10.1 Å². The molecule has 0 aliphatic heterocycles. The van der Waals surface area contributed by atoms with E-state index in [2.05, 4.69) is 16.4 Å². The molecule has 1 aromatic heterocycles. The molecule has 3 aromatic rings. The SMILES string of the molecule is COc1ccc2nc(C)c(C(=O)Nc3ccc(CC#N)cc3)cc2c1. The molecule has 5 nitrogen and oxygen atoms in total. The minimum Gasteiger partial charge on any atom is -0.497 e. The molecule has 0 bridgehead atoms. The topological polar surface area (TPSA) is 75.0 Å². The molecule has 1 N–H and O–H groups in total. The van der Waals surface area contributed by atoms with Crippen molar-refractivity contribution in [3.8, 4) is 11.8 Å². The fourth-order valence-electron chi connectivity index (χ4n) is 2.60. The number of fused-ring (bicyclic) bond motifs is 1. The molecule has 2 aromatic carbocycles. The number of hydrogen-bond donors (Lipinski definition) is 1. The predicted octanol–water partition coefficient (Wildman–Crippen LogP) is 3.87. The number of nitrogens with one attached hydrogen (secondary N) is 1. The molecule has 1 amide bonds. The van der Waals surface area contributed by atoms with Crippen molar-refractivity contribution >= 4 is 22.5 Å². The highest BCUT2D eigenvalue weighted by molar-refractivity contribution is 6.06. The number of methoxy groups -OCH3 is 1. The van der Waals surface area contributed by atoms with Gasteiger partial charge in [0.25, 0.3) is 5.91 Å². The van der Waals surface area contributed by atoms with Crippen LogP contribution in [-0.2, 0) is 6.42 Å². The first kappa shape index (κ1) is 16.5. The summed E-state index contributed by atoms with van der Waals surface area (Å²) < 4.78 is 5.23. The summed E-state index contributed by atoms with van der Waals surface area (Å²) in [5.41, 5.74) is 3.59. The quantitative estimate of drug-likeness (QED) is 0.787. The normalized spacial score (nSPS) is 10.3. The highest BCUT2D eigenvalue weighted by Crippen LogP contribution is 2.22. The predicted molar refractivity (Wildman–Crippen MR) is 96.7 cm³/mol. The van der Waals surface area contributed by atoms with Gasteiger partial charge in [-0.05, 0) is 48.9 Å². The number of anilines is 1. The second-order valence-corrected chi connectivity index (χ2v) is 5.67. The molecule has 0 aliphatic rings. The zero-order chi connectivity index (χ0) is 17.8. The van der Waals surface area contributed by atoms with Crippen LogP contribution in [0.4, 0.5) is 5.69 Å². The zero-order valence-corrected chi connectivity index (χ0v) is 14.0. The Hall–Kier alpha value is -3.39. The summed E-state index contributed by atoms with van der Waals surface area (Å²) in [6.45, 7) is 1.81. The maximum Gasteiger partial charge on any atom is 0.257 e. The Labute approximate surface area is 145 Å². The van der Waals surface area contributed by atoms with E-state index < -0.39 is 0 Å². The van der Waals surface area contributed by atoms with Gasteiger partial charge in [0.05, 0.1) is 36.4 Å². The van der Waals surface area contributed by atoms with E-state index in [9.17, 15) is 4.79 Å². The summed E-state index contributed by atoms with van der Waals surface area (Å²) in [7, 11) is 1.60. The molecule has 3 rings (SSSR count). The Morgan fingerprint density at radius 2 is 1.96 bits per heavy atom. The Kier molecular flexibility index (Phi) is 4.62. The molecule has 0 aliphatic carbocycles. The number of aromatic nitrogens is 1. The average Bonchev–Trinajstić information content (AvgIpc) is 2.62. The van der Waals surface area contributed by atoms with Crippen LogP contribution in [0.2, 0.25) is 0 Å². The number of rotatable bonds is 4. The van der Waals surface area contributed by atoms with Crippen molar-refractivity contribution in [3.63, 3.8) is 0 Å². The van der Waals surface area contributed by atoms with Gasteiger partial charge in [0.15, 0.2) is 0 Å². The largest absolute Gasteiger partial charge is 0.497 e. The molecule has 0 unspecified atom stereocenters. The first-order valence-electron chi connectivity index (χ1n) is 7.83. The van der Waals surface area contributed by atoms with Gasteiger partial charge in [0.2, 0.25) is 0 Å². The van der Waals surface area contributed by atoms with Gasteiger partial charge in [-0.25, -0.2) is 0 Å². The number of carbonyl (C=O) groups excluding carboxylic acids is 1. The van der Waals surface area contributed by atoms with Gasteiger partial charge in [-0.1, -0.05) is 12.1 Å². The fraction of sp³-hybridized carbons (Fsp3) is 0.150. The lowest BCUT2D eigenvalue weighted by atomic mass is 10.1. The number of hydrogen-bond acceptors (Lipinski definition) is 4. The summed E-state index contributed by atoms with van der Waals surface area (Å²) in [5, 5.41) is 12.4. The molecule has 0 fully saturated rings. The molecule has 0 atom stereocenters. The molecule has 0 spiro atoms. The maximum absolute atomic E-state index is 12.6. The Balaban J connectivity index is 1.88. The van der Waals surface area contributed by atoms with E-state index in [4.69, 9.17) is 10.00 Å². The van der Waals surface area contributed by atoms with Crippen molar-refractivity contribution in [3.05, 3.63) is 65.4 Å². The summed E-state index contributed by atoms with van der Waals surface area (Å²) in [6, 6.07) is 16.7. The summed E-state index contributed by atoms with van der Waals surface area (Å²) >= 11 is 0. The molecule has 0 saturated heterocycles. The summed E-state index contributed by atoms with van der Waals surface area (Å²) in [5.74, 6) is 0.500. The molecule has 124 valence electrons. The van der Waals surface area contributed by atoms with Crippen molar-refractivity contribution in [2.75, 3.05) is 12.4 Å². The van der Waals surface area contributed by atoms with Crippen LogP contribution in [0.3, 0.4) is 0 Å². The molecule has 0 radical (unpaired) electrons. The van der Waals surface area contributed by atoms with E-state index in [0.717, 1.165) is 22.2 Å². The molecule has 0 saturated carbocycles. The van der Waals surface area contributed by atoms with E-state index in [0.29, 0.717) is 23.4 Å². The Morgan fingerprint density at radius 1 is 1.20 bits per heavy atom. The monoisotopic (exact) mass is 331 g/mol. The Morgan fingerprint density at radius 3 is 2.64 bits per heavy atom. The van der Waals surface area contributed by atoms with Crippen LogP contribution in [0.1, 0.15) is 21.6 Å². The molecular weight excluding hydrogens is 314 g/mol. The standard InChI is InChI=1S/C20H17N3O2/c1-13-18(12-15-11-17(25-2)7-8-19(15)22-13)20(24)23-16-5-3-14(4-6-16)9-10-21/h3-8,11-12H,9H2,1-2H3,(H,23,24). The second-order valence-electron chi connectivity index (χ2n) is 5.67. The minimum atomic E-state index is -0.220. The minimum absolute atomic E-state index is 0.220. The number of nitrogens with zero attached hydrogens (tertiary/aromatic N) is 2. The van der Waals surface area contributed by atoms with E-state index >= 15 is 0 Å². The second kappa shape index (κ2) is 7.02. The summed E-state index contributed by atoms with van der Waals surface area (Å²) in [4.78, 5) is 17.1. The molecule has 25 heavy (non-hydrogen) atoms. The zero-order valence-electron chi connectivity index (χ0n) is 14.0. The van der Waals surface area contributed by atoms with Crippen LogP contribution in [0.25, 0.3) is 10.9 Å². The molecular formula is C20H17N3O2. The van der Waals surface area contributed by atoms with Crippen molar-refractivity contribution in [1.29, 1.82) is 5.26 Å². The third kappa shape index (κ3) is 3.59. The third-order valence-electron chi connectivity index (χ3n) is 3.95. The number of carbonyl (C=O) groups is 1. The van der Waals surface area contributed by atoms with Crippen molar-refractivity contribution in [2.24, 2.45) is 0 Å². The van der Waals surface area contributed by atoms with E-state index in [-0.39, 0.29) is 5.91 Å². The highest BCUT2D eigenvalue weighted by Gasteiger charge is 2.12. The lowest BCUT2D eigenvalue weighted by Gasteiger charge is -2.10. The smallest absolute Gasteiger partial charge is 0.257 e. The number of nitriles is 1. The maximum atomic E-state index is 12.6. The van der Waals surface area contributed by atoms with Gasteiger partial charge in [0.1, 0.15) is 5.75 Å². The first-order chi connectivity index (χ1) is 12.1. The van der Waals surface area contributed by atoms with Crippen LogP contribution in [0.5, 0.6) is 5.75 Å². The van der Waals surface area contributed by atoms with Crippen molar-refractivity contribution in [1.82, 2.24) is 4.98 Å². The summed E-state index contributed by atoms with van der Waals surface area (Å²) in [6.07, 6.45) is 0.351. The fourth-order valence-corrected chi connectivity index (χ4v) is 2.60. The lowest BCUT2D eigenvalue weighted by molar-refractivity contribution is 0.102. The lowest BCUT2D eigenvalue weighted by Crippen LogP contribution is -2.14. The van der Waals surface area contributed by atoms with Crippen molar-refractivity contribution < 1.29 is 9.53 Å². The van der Waals surface area contributed by atoms with Crippen LogP contribution in [0.15, 0.2) is 48.5 Å². The number of amides is 1. The molecule has 1 heterocycles.